The van der Waals surface area contributed by atoms with Gasteiger partial charge in [-0.1, -0.05) is 56.7 Å². The van der Waals surface area contributed by atoms with Crippen LogP contribution in [0.2, 0.25) is 0 Å². The molecular formula is C83H103FN18O13S. The van der Waals surface area contributed by atoms with Gasteiger partial charge in [0.05, 0.1) is 39.6 Å². The Morgan fingerprint density at radius 3 is 2.22 bits per heavy atom. The Bertz CT molecular complexity index is 4660. The van der Waals surface area contributed by atoms with E-state index in [1.165, 1.54) is 40.2 Å². The number of aliphatic hydroxyl groups is 1. The Morgan fingerprint density at radius 2 is 1.52 bits per heavy atom. The SMILES string of the molecule is Cc1ncsc1-c1ccc([C@H](C)NC(=O)[C@@H]2C[C@@H](O)CN2C(=O)[C@@H](c2cc(OCCN3CCN(CCOc4cc(N5C6CCC5CN(c5cc(-c7cc(F)ccc7OCc7ccc(NC(=O)[C@H](CCCNC(N)=O)NC(=O)C8(C(=O)NCCCCCN9C(=O)C=CC9=O)CCC8)cc7)nnc5N)C6)ccn4)[C@H](C)C3)no2)C(C)C)cc1. The number of fused-ring (bicyclic) bond motifs is 2. The number of halogens is 1. The number of piperazine rings is 2. The number of ether oxygens (including phenoxy) is 3. The molecule has 31 nitrogen and oxygen atoms in total. The van der Waals surface area contributed by atoms with Gasteiger partial charge >= 0.3 is 6.03 Å². The lowest BCUT2D eigenvalue weighted by atomic mass is 9.67. The molecule has 4 aromatic heterocycles. The van der Waals surface area contributed by atoms with Gasteiger partial charge in [0, 0.05) is 144 Å². The average Bonchev–Trinajstić information content (AvgIpc) is 1.74. The summed E-state index contributed by atoms with van der Waals surface area (Å²) in [7, 11) is 0. The molecule has 8 atom stereocenters. The molecule has 1 aliphatic carbocycles. The molecule has 33 heteroatoms. The maximum atomic E-state index is 15.2. The number of aryl methyl sites for hydroxylation is 1. The van der Waals surface area contributed by atoms with E-state index in [1.807, 2.05) is 75.7 Å². The molecule has 7 aromatic rings. The van der Waals surface area contributed by atoms with Crippen molar-refractivity contribution < 1.29 is 66.6 Å². The number of nitrogen functional groups attached to an aromatic ring is 1. The van der Waals surface area contributed by atoms with Crippen molar-refractivity contribution in [2.24, 2.45) is 17.1 Å². The molecule has 1 saturated carbocycles. The third-order valence-electron chi connectivity index (χ3n) is 22.9. The van der Waals surface area contributed by atoms with Crippen LogP contribution < -0.4 is 62.1 Å². The largest absolute Gasteiger partial charge is 0.488 e. The van der Waals surface area contributed by atoms with Crippen molar-refractivity contribution in [3.8, 4) is 39.2 Å². The molecule has 116 heavy (non-hydrogen) atoms. The van der Waals surface area contributed by atoms with Gasteiger partial charge in [-0.25, -0.2) is 19.2 Å². The number of nitrogens with zero attached hydrogens (tertiary/aromatic N) is 11. The molecule has 2 unspecified atom stereocenters. The second kappa shape index (κ2) is 37.6. The van der Waals surface area contributed by atoms with Crippen LogP contribution in [0.5, 0.6) is 17.5 Å². The number of β-amino-alcohol motifs (C(OH)–C–C–N with tert-alkyl or cyclic N) is 1. The lowest BCUT2D eigenvalue weighted by molar-refractivity contribution is -0.151. The number of likely N-dealkylation sites (tertiary alicyclic amines) is 1. The van der Waals surface area contributed by atoms with Crippen molar-refractivity contribution in [1.29, 1.82) is 0 Å². The first-order valence-corrected chi connectivity index (χ1v) is 40.9. The minimum absolute atomic E-state index is 0.0228. The molecule has 4 saturated heterocycles. The number of benzene rings is 3. The first-order valence-electron chi connectivity index (χ1n) is 40.0. The van der Waals surface area contributed by atoms with E-state index >= 15 is 4.39 Å². The third-order valence-corrected chi connectivity index (χ3v) is 23.9. The molecule has 10 N–H and O–H groups in total. The third kappa shape index (κ3) is 19.8. The summed E-state index contributed by atoms with van der Waals surface area (Å²) in [5.41, 5.74) is 18.8. The number of urea groups is 1. The summed E-state index contributed by atoms with van der Waals surface area (Å²) >= 11 is 1.58. The van der Waals surface area contributed by atoms with Crippen LogP contribution in [-0.4, -0.2) is 219 Å². The first kappa shape index (κ1) is 82.8. The van der Waals surface area contributed by atoms with Gasteiger partial charge in [-0.3, -0.25) is 48.3 Å². The van der Waals surface area contributed by atoms with Gasteiger partial charge in [-0.2, -0.15) is 0 Å². The van der Waals surface area contributed by atoms with Crippen molar-refractivity contribution in [1.82, 2.24) is 66.2 Å². The van der Waals surface area contributed by atoms with Gasteiger partial charge in [0.2, 0.25) is 35.4 Å². The number of nitrogens with one attached hydrogen (secondary N) is 5. The number of unbranched alkanes of at least 4 members (excludes halogenated alkanes) is 2. The van der Waals surface area contributed by atoms with Crippen molar-refractivity contribution in [2.45, 2.75) is 160 Å². The standard InChI is InChI=1S/C83H103FN18O13S/c1-50(2)74(79(108)101-47-62(103)41-67(101)78(107)91-52(4)55-14-16-56(17-15-55)75-53(5)90-49-116-75)69-43-71(96-115-69)113-37-35-97-33-34-98(51(3)44-97)36-38-112-70-40-59(26-31-87-70)102-60-21-22-61(102)46-99(45-60)66-42-65(94-95-76(66)85)63-39-57(84)18-23-68(63)114-48-54-12-19-58(20-13-54)92-77(106)64(11-9-30-89-82(86)111)93-81(110)83(27-10-28-83)80(109)88-29-7-6-8-32-100-72(104)24-25-73(100)105/h12-20,23-26,31,39-40,42-43,49-52,60-62,64,67,74,103H,6-11,21-22,27-30,32-38,41,44-48H2,1-5H3,(H2,85,95)(H,88,109)(H,91,107)(H,92,106)(H,93,110)(H3,86,89,111)/t51-,52+,60?,61?,62-,64+,67+,74-/m1/s1. The maximum absolute atomic E-state index is 15.2. The number of aliphatic hydroxyl groups excluding tert-OH is 1. The molecule has 0 spiro atoms. The highest BCUT2D eigenvalue weighted by molar-refractivity contribution is 7.13. The molecule has 9 heterocycles. The average molecular weight is 1610 g/mol. The molecule has 5 aliphatic heterocycles. The number of hydrogen-bond acceptors (Lipinski definition) is 24. The fraction of sp³-hybridized carbons (Fsp3) is 0.482. The Morgan fingerprint density at radius 1 is 0.776 bits per heavy atom. The highest BCUT2D eigenvalue weighted by Gasteiger charge is 2.52. The van der Waals surface area contributed by atoms with Crippen molar-refractivity contribution in [3.05, 3.63) is 143 Å². The number of pyridine rings is 1. The van der Waals surface area contributed by atoms with Gasteiger partial charge in [-0.15, -0.1) is 21.5 Å². The van der Waals surface area contributed by atoms with Gasteiger partial charge in [0.1, 0.15) is 54.8 Å². The summed E-state index contributed by atoms with van der Waals surface area (Å²) < 4.78 is 39.8. The Hall–Kier alpha value is -11.2. The molecular weight excluding hydrogens is 1510 g/mol. The molecule has 9 amide bonds. The number of primary amides is 1. The van der Waals surface area contributed by atoms with Gasteiger partial charge in [0.25, 0.3) is 17.7 Å². The molecule has 5 fully saturated rings. The minimum atomic E-state index is -1.37. The number of carbonyl (C=O) groups excluding carboxylic acids is 8. The predicted molar refractivity (Wildman–Crippen MR) is 432 cm³/mol. The predicted octanol–water partition coefficient (Wildman–Crippen LogP) is 7.41. The van der Waals surface area contributed by atoms with Crippen LogP contribution in [0.1, 0.15) is 133 Å². The van der Waals surface area contributed by atoms with Crippen LogP contribution in [0.15, 0.2) is 119 Å². The van der Waals surface area contributed by atoms with E-state index in [4.69, 9.17) is 30.2 Å². The second-order valence-corrected chi connectivity index (χ2v) is 32.1. The number of anilines is 4. The van der Waals surface area contributed by atoms with Crippen molar-refractivity contribution in [3.63, 3.8) is 0 Å². The first-order chi connectivity index (χ1) is 55.9. The highest BCUT2D eigenvalue weighted by atomic mass is 32.1. The molecule has 0 radical (unpaired) electrons. The van der Waals surface area contributed by atoms with Crippen LogP contribution in [0, 0.1) is 24.1 Å². The summed E-state index contributed by atoms with van der Waals surface area (Å²) in [5.74, 6) is -2.68. The normalized spacial score (nSPS) is 20.0. The van der Waals surface area contributed by atoms with Crippen molar-refractivity contribution >= 4 is 81.6 Å². The van der Waals surface area contributed by atoms with E-state index in [0.29, 0.717) is 124 Å². The van der Waals surface area contributed by atoms with E-state index in [9.17, 15) is 43.5 Å². The second-order valence-electron chi connectivity index (χ2n) is 31.2. The zero-order valence-electron chi connectivity index (χ0n) is 66.0. The molecule has 13 rings (SSSR count). The monoisotopic (exact) mass is 1610 g/mol. The number of rotatable bonds is 36. The fourth-order valence-corrected chi connectivity index (χ4v) is 17.2. The Balaban J connectivity index is 0.547. The number of hydrogen-bond donors (Lipinski definition) is 8. The van der Waals surface area contributed by atoms with E-state index < -0.39 is 59.1 Å². The summed E-state index contributed by atoms with van der Waals surface area (Å²) in [6, 6.07) is 24.0. The smallest absolute Gasteiger partial charge is 0.312 e. The number of carbonyl (C=O) groups is 8. The molecule has 2 bridgehead atoms. The zero-order chi connectivity index (χ0) is 81.7. The quantitative estimate of drug-likeness (QED) is 0.0108. The molecule has 3 aromatic carbocycles. The maximum Gasteiger partial charge on any atom is 0.312 e. The minimum Gasteiger partial charge on any atom is -0.488 e. The number of thiazole rings is 1. The van der Waals surface area contributed by atoms with Gasteiger partial charge in [-0.05, 0) is 149 Å². The Labute approximate surface area is 676 Å². The van der Waals surface area contributed by atoms with Crippen LogP contribution in [0.3, 0.4) is 0 Å². The van der Waals surface area contributed by atoms with Crippen LogP contribution in [0.4, 0.5) is 32.1 Å². The highest BCUT2D eigenvalue weighted by Crippen LogP contribution is 2.43. The van der Waals surface area contributed by atoms with Crippen LogP contribution >= 0.6 is 11.3 Å². The van der Waals surface area contributed by atoms with E-state index in [0.717, 1.165) is 59.9 Å². The molecule has 6 aliphatic rings. The number of aromatic nitrogens is 5. The molecule has 616 valence electrons. The summed E-state index contributed by atoms with van der Waals surface area (Å²) in [6.07, 6.45) is 8.80. The van der Waals surface area contributed by atoms with E-state index in [-0.39, 0.29) is 117 Å². The van der Waals surface area contributed by atoms with Gasteiger partial charge < -0.3 is 76.6 Å². The van der Waals surface area contributed by atoms with E-state index in [2.05, 4.69) is 78.4 Å². The number of imide groups is 1. The van der Waals surface area contributed by atoms with Gasteiger partial charge in [0.15, 0.2) is 11.6 Å². The summed E-state index contributed by atoms with van der Waals surface area (Å²) in [5, 5.41) is 38.0. The zero-order valence-corrected chi connectivity index (χ0v) is 66.9. The van der Waals surface area contributed by atoms with Crippen molar-refractivity contribution in [2.75, 3.05) is 106 Å². The van der Waals surface area contributed by atoms with Crippen LogP contribution in [-0.2, 0) is 40.2 Å². The number of nitrogens with two attached hydrogens (primary N) is 2. The lowest BCUT2D eigenvalue weighted by Gasteiger charge is -2.43. The number of amides is 9. The summed E-state index contributed by atoms with van der Waals surface area (Å²) in [6.45, 7) is 16.6. The lowest BCUT2D eigenvalue weighted by Crippen LogP contribution is -2.58. The topological polar surface area (TPSA) is 394 Å². The summed E-state index contributed by atoms with van der Waals surface area (Å²) in [4.78, 5) is 127. The fourth-order valence-electron chi connectivity index (χ4n) is 16.4. The van der Waals surface area contributed by atoms with Crippen LogP contribution in [0.25, 0.3) is 21.7 Å². The van der Waals surface area contributed by atoms with E-state index in [1.54, 1.807) is 47.9 Å². The Kier molecular flexibility index (Phi) is 26.9.